The molecule has 1 atom stereocenters. The quantitative estimate of drug-likeness (QED) is 0.689. The third-order valence-electron chi connectivity index (χ3n) is 4.78. The van der Waals surface area contributed by atoms with Crippen LogP contribution in [-0.4, -0.2) is 48.6 Å². The predicted molar refractivity (Wildman–Crippen MR) is 108 cm³/mol. The fraction of sp³-hybridized carbons (Fsp3) is 0.333. The van der Waals surface area contributed by atoms with Crippen LogP contribution in [0.5, 0.6) is 0 Å². The van der Waals surface area contributed by atoms with E-state index in [0.717, 1.165) is 35.2 Å². The number of carbonyl (C=O) groups excluding carboxylic acids is 1. The molecule has 1 N–H and O–H groups in total. The summed E-state index contributed by atoms with van der Waals surface area (Å²) in [4.78, 5) is 20.0. The first-order valence-electron chi connectivity index (χ1n) is 9.38. The van der Waals surface area contributed by atoms with Crippen molar-refractivity contribution in [3.63, 3.8) is 0 Å². The van der Waals surface area contributed by atoms with Gasteiger partial charge >= 0.3 is 0 Å². The number of benzene rings is 1. The number of aromatic nitrogens is 1. The Balaban J connectivity index is 1.45. The second-order valence-electron chi connectivity index (χ2n) is 6.72. The van der Waals surface area contributed by atoms with E-state index >= 15 is 0 Å². The predicted octanol–water partition coefficient (Wildman–Crippen LogP) is 3.51. The fourth-order valence-corrected chi connectivity index (χ4v) is 4.14. The maximum atomic E-state index is 12.7. The van der Waals surface area contributed by atoms with Crippen LogP contribution in [0.2, 0.25) is 0 Å². The van der Waals surface area contributed by atoms with E-state index in [0.29, 0.717) is 24.6 Å². The van der Waals surface area contributed by atoms with Crippen molar-refractivity contribution in [2.75, 3.05) is 32.8 Å². The van der Waals surface area contributed by atoms with Crippen molar-refractivity contribution in [3.8, 4) is 10.6 Å². The zero-order chi connectivity index (χ0) is 19.3. The highest BCUT2D eigenvalue weighted by atomic mass is 32.1. The summed E-state index contributed by atoms with van der Waals surface area (Å²) in [6.07, 6.45) is 1.64. The molecular formula is C21H23N3O3S. The number of hydrogen-bond acceptors (Lipinski definition) is 6. The number of thiazole rings is 1. The molecule has 3 heterocycles. The topological polar surface area (TPSA) is 67.6 Å². The first-order valence-corrected chi connectivity index (χ1v) is 10.2. The number of hydrogen-bond donors (Lipinski definition) is 1. The van der Waals surface area contributed by atoms with Gasteiger partial charge in [-0.3, -0.25) is 9.69 Å². The van der Waals surface area contributed by atoms with Gasteiger partial charge in [-0.15, -0.1) is 11.3 Å². The van der Waals surface area contributed by atoms with Crippen molar-refractivity contribution in [3.05, 3.63) is 65.1 Å². The summed E-state index contributed by atoms with van der Waals surface area (Å²) in [6.45, 7) is 5.43. The van der Waals surface area contributed by atoms with Crippen LogP contribution in [0.25, 0.3) is 10.6 Å². The number of carbonyl (C=O) groups is 1. The molecule has 6 nitrogen and oxygen atoms in total. The summed E-state index contributed by atoms with van der Waals surface area (Å²) in [5.74, 6) is 1.63. The summed E-state index contributed by atoms with van der Waals surface area (Å²) in [7, 11) is 0. The number of furan rings is 1. The van der Waals surface area contributed by atoms with E-state index in [2.05, 4.69) is 15.2 Å². The van der Waals surface area contributed by atoms with Crippen LogP contribution in [-0.2, 0) is 4.74 Å². The van der Waals surface area contributed by atoms with Crippen LogP contribution in [0.1, 0.15) is 27.2 Å². The Morgan fingerprint density at radius 1 is 1.21 bits per heavy atom. The lowest BCUT2D eigenvalue weighted by Crippen LogP contribution is -2.43. The molecule has 146 valence electrons. The van der Waals surface area contributed by atoms with Crippen LogP contribution in [0.3, 0.4) is 0 Å². The molecule has 0 aliphatic carbocycles. The van der Waals surface area contributed by atoms with Crippen molar-refractivity contribution >= 4 is 17.2 Å². The number of nitrogens with one attached hydrogen (secondary N) is 1. The van der Waals surface area contributed by atoms with Gasteiger partial charge in [0.1, 0.15) is 21.4 Å². The van der Waals surface area contributed by atoms with Crippen molar-refractivity contribution in [1.29, 1.82) is 0 Å². The highest BCUT2D eigenvalue weighted by molar-refractivity contribution is 7.16. The zero-order valence-electron chi connectivity index (χ0n) is 15.8. The first kappa shape index (κ1) is 18.9. The average molecular weight is 398 g/mol. The molecular weight excluding hydrogens is 374 g/mol. The highest BCUT2D eigenvalue weighted by Gasteiger charge is 2.26. The molecule has 0 saturated carbocycles. The largest absolute Gasteiger partial charge is 0.465 e. The van der Waals surface area contributed by atoms with Gasteiger partial charge in [-0.25, -0.2) is 4.98 Å². The average Bonchev–Trinajstić information content (AvgIpc) is 3.39. The Kier molecular flexibility index (Phi) is 5.85. The first-order chi connectivity index (χ1) is 13.7. The van der Waals surface area contributed by atoms with Gasteiger partial charge in [0.25, 0.3) is 5.91 Å². The lowest BCUT2D eigenvalue weighted by Gasteiger charge is -2.33. The second kappa shape index (κ2) is 8.68. The van der Waals surface area contributed by atoms with Gasteiger partial charge in [-0.2, -0.15) is 0 Å². The summed E-state index contributed by atoms with van der Waals surface area (Å²) < 4.78 is 11.3. The Morgan fingerprint density at radius 3 is 2.71 bits per heavy atom. The Morgan fingerprint density at radius 2 is 2.00 bits per heavy atom. The van der Waals surface area contributed by atoms with E-state index in [1.807, 2.05) is 49.4 Å². The molecule has 28 heavy (non-hydrogen) atoms. The van der Waals surface area contributed by atoms with E-state index in [4.69, 9.17) is 9.15 Å². The van der Waals surface area contributed by atoms with Crippen molar-refractivity contribution in [2.24, 2.45) is 0 Å². The molecule has 1 aliphatic heterocycles. The molecule has 1 aliphatic rings. The van der Waals surface area contributed by atoms with Gasteiger partial charge in [0.15, 0.2) is 0 Å². The molecule has 4 rings (SSSR count). The third-order valence-corrected chi connectivity index (χ3v) is 5.83. The van der Waals surface area contributed by atoms with Gasteiger partial charge < -0.3 is 14.5 Å². The second-order valence-corrected chi connectivity index (χ2v) is 7.75. The van der Waals surface area contributed by atoms with Crippen LogP contribution >= 0.6 is 11.3 Å². The van der Waals surface area contributed by atoms with Crippen molar-refractivity contribution in [2.45, 2.75) is 13.0 Å². The van der Waals surface area contributed by atoms with Crippen molar-refractivity contribution < 1.29 is 13.9 Å². The highest BCUT2D eigenvalue weighted by Crippen LogP contribution is 2.26. The van der Waals surface area contributed by atoms with Crippen LogP contribution in [0.15, 0.2) is 53.1 Å². The molecule has 7 heteroatoms. The number of amides is 1. The summed E-state index contributed by atoms with van der Waals surface area (Å²) in [5, 5.41) is 3.90. The molecule has 1 saturated heterocycles. The Hall–Kier alpha value is -2.48. The minimum atomic E-state index is -0.110. The van der Waals surface area contributed by atoms with Gasteiger partial charge in [-0.05, 0) is 19.1 Å². The number of aryl methyl sites for hydroxylation is 1. The molecule has 0 spiro atoms. The zero-order valence-corrected chi connectivity index (χ0v) is 16.6. The number of ether oxygens (including phenoxy) is 1. The van der Waals surface area contributed by atoms with E-state index in [-0.39, 0.29) is 11.9 Å². The molecule has 1 amide bonds. The maximum Gasteiger partial charge on any atom is 0.263 e. The molecule has 3 aromatic rings. The summed E-state index contributed by atoms with van der Waals surface area (Å²) in [5.41, 5.74) is 1.02. The van der Waals surface area contributed by atoms with Gasteiger partial charge in [0, 0.05) is 25.2 Å². The maximum absolute atomic E-state index is 12.7. The van der Waals surface area contributed by atoms with E-state index in [9.17, 15) is 4.79 Å². The van der Waals surface area contributed by atoms with Crippen molar-refractivity contribution in [1.82, 2.24) is 15.2 Å². The SMILES string of the molecule is Cc1ccc([C@@H](CNC(=O)c2cnc(-c3ccccc3)s2)N2CCOCC2)o1. The summed E-state index contributed by atoms with van der Waals surface area (Å²) >= 11 is 1.40. The summed E-state index contributed by atoms with van der Waals surface area (Å²) in [6, 6.07) is 13.8. The molecule has 1 fully saturated rings. The third kappa shape index (κ3) is 4.32. The lowest BCUT2D eigenvalue weighted by atomic mass is 10.1. The van der Waals surface area contributed by atoms with Gasteiger partial charge in [0.2, 0.25) is 0 Å². The molecule has 0 bridgehead atoms. The number of nitrogens with zero attached hydrogens (tertiary/aromatic N) is 2. The normalized spacial score (nSPS) is 16.0. The minimum absolute atomic E-state index is 0.0111. The monoisotopic (exact) mass is 397 g/mol. The number of morpholine rings is 1. The number of rotatable bonds is 6. The van der Waals surface area contributed by atoms with E-state index in [1.54, 1.807) is 6.20 Å². The lowest BCUT2D eigenvalue weighted by molar-refractivity contribution is 0.0117. The van der Waals surface area contributed by atoms with Crippen LogP contribution in [0, 0.1) is 6.92 Å². The Labute approximate surface area is 168 Å². The molecule has 0 radical (unpaired) electrons. The van der Waals surface area contributed by atoms with E-state index < -0.39 is 0 Å². The Bertz CT molecular complexity index is 916. The molecule has 0 unspecified atom stereocenters. The van der Waals surface area contributed by atoms with Crippen LogP contribution in [0.4, 0.5) is 0 Å². The minimum Gasteiger partial charge on any atom is -0.465 e. The van der Waals surface area contributed by atoms with E-state index in [1.165, 1.54) is 11.3 Å². The standard InChI is InChI=1S/C21H23N3O3S/c1-15-7-8-18(27-15)17(24-9-11-26-12-10-24)13-22-20(25)19-14-23-21(28-19)16-5-3-2-4-6-16/h2-8,14,17H,9-13H2,1H3,(H,22,25)/t17-/m1/s1. The van der Waals surface area contributed by atoms with Gasteiger partial charge in [-0.1, -0.05) is 30.3 Å². The van der Waals surface area contributed by atoms with Crippen LogP contribution < -0.4 is 5.32 Å². The molecule has 1 aromatic carbocycles. The fourth-order valence-electron chi connectivity index (χ4n) is 3.30. The molecule has 2 aromatic heterocycles. The van der Waals surface area contributed by atoms with Gasteiger partial charge in [0.05, 0.1) is 25.5 Å². The smallest absolute Gasteiger partial charge is 0.263 e.